The third kappa shape index (κ3) is 5.67. The number of fused-ring (bicyclic) bond motifs is 1. The minimum atomic E-state index is -1.77. The zero-order valence-corrected chi connectivity index (χ0v) is 22.7. The SMILES string of the molecule is CC(C)(ON=C(C(=O)NC1C(=O)N2C(C(=O)O)=C(C=Cc3ccc(C#N)cc3)CS[C@@H]12)c1csc(N)n1)C(=O)O. The summed E-state index contributed by atoms with van der Waals surface area (Å²) < 4.78 is 0. The second-order valence-electron chi connectivity index (χ2n) is 9.02. The number of hydrogen-bond acceptors (Lipinski definition) is 11. The van der Waals surface area contributed by atoms with E-state index in [2.05, 4.69) is 15.5 Å². The van der Waals surface area contributed by atoms with Crippen molar-refractivity contribution in [2.75, 3.05) is 11.5 Å². The number of carboxylic acids is 2. The first-order valence-corrected chi connectivity index (χ1v) is 13.5. The number of rotatable bonds is 9. The van der Waals surface area contributed by atoms with Gasteiger partial charge in [-0.25, -0.2) is 14.6 Å². The highest BCUT2D eigenvalue weighted by molar-refractivity contribution is 8.00. The number of benzene rings is 1. The molecule has 5 N–H and O–H groups in total. The molecule has 0 saturated carbocycles. The van der Waals surface area contributed by atoms with Crippen LogP contribution in [0.3, 0.4) is 0 Å². The van der Waals surface area contributed by atoms with Gasteiger partial charge < -0.3 is 26.1 Å². The molecule has 0 spiro atoms. The maximum absolute atomic E-state index is 13.2. The molecule has 1 aromatic carbocycles. The lowest BCUT2D eigenvalue weighted by Crippen LogP contribution is -2.71. The van der Waals surface area contributed by atoms with Crippen LogP contribution in [0.15, 0.2) is 52.1 Å². The Kier molecular flexibility index (Phi) is 7.93. The number of nitrogen functional groups attached to an aromatic ring is 1. The van der Waals surface area contributed by atoms with Crippen LogP contribution < -0.4 is 11.1 Å². The molecule has 2 aliphatic rings. The Labute approximate surface area is 235 Å². The molecule has 2 aliphatic heterocycles. The van der Waals surface area contributed by atoms with Gasteiger partial charge >= 0.3 is 11.9 Å². The Morgan fingerprint density at radius 1 is 1.27 bits per heavy atom. The van der Waals surface area contributed by atoms with Crippen LogP contribution in [-0.2, 0) is 24.0 Å². The van der Waals surface area contributed by atoms with E-state index in [9.17, 15) is 29.4 Å². The number of nitrogens with two attached hydrogens (primary N) is 1. The molecule has 2 aromatic rings. The third-order valence-corrected chi connectivity index (χ3v) is 7.84. The summed E-state index contributed by atoms with van der Waals surface area (Å²) in [4.78, 5) is 60.0. The molecular formula is C25H22N6O7S2. The van der Waals surface area contributed by atoms with Gasteiger partial charge in [0.25, 0.3) is 11.8 Å². The number of nitrogens with zero attached hydrogens (tertiary/aromatic N) is 4. The van der Waals surface area contributed by atoms with Crippen molar-refractivity contribution >= 4 is 63.8 Å². The van der Waals surface area contributed by atoms with Crippen molar-refractivity contribution in [3.63, 3.8) is 0 Å². The molecule has 1 saturated heterocycles. The summed E-state index contributed by atoms with van der Waals surface area (Å²) in [5, 5.41) is 35.2. The van der Waals surface area contributed by atoms with E-state index >= 15 is 0 Å². The molecule has 1 aromatic heterocycles. The monoisotopic (exact) mass is 582 g/mol. The zero-order valence-electron chi connectivity index (χ0n) is 21.0. The number of nitrogens with one attached hydrogen (secondary N) is 1. The lowest BCUT2D eigenvalue weighted by Gasteiger charge is -2.49. The normalized spacial score (nSPS) is 19.1. The number of amides is 2. The van der Waals surface area contributed by atoms with Crippen molar-refractivity contribution < 1.29 is 34.2 Å². The number of carbonyl (C=O) groups is 4. The molecule has 40 heavy (non-hydrogen) atoms. The Morgan fingerprint density at radius 3 is 2.55 bits per heavy atom. The van der Waals surface area contributed by atoms with E-state index in [1.54, 1.807) is 36.4 Å². The number of nitriles is 1. The van der Waals surface area contributed by atoms with Crippen molar-refractivity contribution in [1.82, 2.24) is 15.2 Å². The molecule has 0 aliphatic carbocycles. The van der Waals surface area contributed by atoms with Crippen LogP contribution >= 0.6 is 23.1 Å². The van der Waals surface area contributed by atoms with E-state index in [1.165, 1.54) is 31.0 Å². The van der Waals surface area contributed by atoms with E-state index in [4.69, 9.17) is 15.8 Å². The van der Waals surface area contributed by atoms with Gasteiger partial charge in [0.15, 0.2) is 10.8 Å². The fraction of sp³-hybridized carbons (Fsp3) is 0.240. The highest BCUT2D eigenvalue weighted by atomic mass is 32.2. The van der Waals surface area contributed by atoms with Crippen LogP contribution in [0, 0.1) is 11.3 Å². The molecule has 2 amide bonds. The second-order valence-corrected chi connectivity index (χ2v) is 11.0. The van der Waals surface area contributed by atoms with Gasteiger partial charge in [0.2, 0.25) is 5.60 Å². The van der Waals surface area contributed by atoms with Crippen molar-refractivity contribution in [2.24, 2.45) is 5.16 Å². The number of oxime groups is 1. The lowest BCUT2D eigenvalue weighted by molar-refractivity contribution is -0.161. The molecule has 0 radical (unpaired) electrons. The van der Waals surface area contributed by atoms with Gasteiger partial charge in [0.05, 0.1) is 11.6 Å². The molecule has 4 rings (SSSR count). The Balaban J connectivity index is 1.54. The van der Waals surface area contributed by atoms with Gasteiger partial charge in [-0.1, -0.05) is 29.4 Å². The number of thiazole rings is 1. The number of hydrogen-bond donors (Lipinski definition) is 4. The van der Waals surface area contributed by atoms with Crippen LogP contribution in [0.4, 0.5) is 5.13 Å². The first-order chi connectivity index (χ1) is 18.9. The van der Waals surface area contributed by atoms with E-state index in [-0.39, 0.29) is 22.3 Å². The summed E-state index contributed by atoms with van der Waals surface area (Å²) in [6.07, 6.45) is 3.29. The van der Waals surface area contributed by atoms with Crippen LogP contribution in [-0.4, -0.2) is 72.3 Å². The summed E-state index contributed by atoms with van der Waals surface area (Å²) in [5.41, 5.74) is 4.96. The first-order valence-electron chi connectivity index (χ1n) is 11.5. The van der Waals surface area contributed by atoms with Crippen molar-refractivity contribution in [3.8, 4) is 6.07 Å². The van der Waals surface area contributed by atoms with Crippen LogP contribution in [0.1, 0.15) is 30.7 Å². The zero-order chi connectivity index (χ0) is 29.2. The Hall–Kier alpha value is -4.68. The summed E-state index contributed by atoms with van der Waals surface area (Å²) in [7, 11) is 0. The highest BCUT2D eigenvalue weighted by Gasteiger charge is 2.54. The average molecular weight is 583 g/mol. The van der Waals surface area contributed by atoms with Crippen molar-refractivity contribution in [3.05, 3.63) is 63.8 Å². The predicted octanol–water partition coefficient (Wildman–Crippen LogP) is 1.63. The average Bonchev–Trinajstić information content (AvgIpc) is 3.35. The Morgan fingerprint density at radius 2 is 1.98 bits per heavy atom. The fourth-order valence-corrected chi connectivity index (χ4v) is 5.51. The molecule has 1 unspecified atom stereocenters. The van der Waals surface area contributed by atoms with Gasteiger partial charge in [-0.15, -0.1) is 23.1 Å². The Bertz CT molecular complexity index is 1520. The smallest absolute Gasteiger partial charge is 0.352 e. The maximum Gasteiger partial charge on any atom is 0.352 e. The molecule has 3 heterocycles. The first kappa shape index (κ1) is 28.3. The number of carbonyl (C=O) groups excluding carboxylic acids is 2. The lowest BCUT2D eigenvalue weighted by atomic mass is 10.0. The van der Waals surface area contributed by atoms with Gasteiger partial charge in [-0.3, -0.25) is 14.5 Å². The van der Waals surface area contributed by atoms with Crippen LogP contribution in [0.25, 0.3) is 6.08 Å². The quantitative estimate of drug-likeness (QED) is 0.190. The topological polar surface area (TPSA) is 208 Å². The maximum atomic E-state index is 13.2. The molecule has 0 bridgehead atoms. The summed E-state index contributed by atoms with van der Waals surface area (Å²) in [5.74, 6) is -3.90. The van der Waals surface area contributed by atoms with Crippen molar-refractivity contribution in [2.45, 2.75) is 30.9 Å². The largest absolute Gasteiger partial charge is 0.478 e. The van der Waals surface area contributed by atoms with Crippen LogP contribution in [0.2, 0.25) is 0 Å². The van der Waals surface area contributed by atoms with E-state index in [1.807, 2.05) is 6.07 Å². The highest BCUT2D eigenvalue weighted by Crippen LogP contribution is 2.41. The van der Waals surface area contributed by atoms with E-state index < -0.39 is 46.5 Å². The molecule has 1 fully saturated rings. The van der Waals surface area contributed by atoms with Gasteiger partial charge in [-0.05, 0) is 37.1 Å². The fourth-order valence-electron chi connectivity index (χ4n) is 3.65. The van der Waals surface area contributed by atoms with Gasteiger partial charge in [-0.2, -0.15) is 5.26 Å². The number of anilines is 1. The summed E-state index contributed by atoms with van der Waals surface area (Å²) >= 11 is 2.28. The summed E-state index contributed by atoms with van der Waals surface area (Å²) in [6, 6.07) is 7.64. The molecule has 13 nitrogen and oxygen atoms in total. The molecular weight excluding hydrogens is 560 g/mol. The third-order valence-electron chi connectivity index (χ3n) is 5.86. The van der Waals surface area contributed by atoms with Gasteiger partial charge in [0, 0.05) is 11.1 Å². The number of allylic oxidation sites excluding steroid dienone is 1. The summed E-state index contributed by atoms with van der Waals surface area (Å²) in [6.45, 7) is 2.48. The van der Waals surface area contributed by atoms with Gasteiger partial charge in [0.1, 0.15) is 22.8 Å². The standard InChI is InChI=1S/C25H22N6O7S2/c1-25(2,23(36)37)38-30-16(15-11-40-24(27)28-15)19(32)29-17-20(33)31-18(22(34)35)14(10-39-21(17)31)8-7-12-3-5-13(9-26)6-4-12/h3-8,11,17,21H,10H2,1-2H3,(H2,27,28)(H,29,32)(H,34,35)(H,36,37)/t17?,21-/m0/s1. The number of β-lactam (4-membered cyclic amide) rings is 1. The predicted molar refractivity (Wildman–Crippen MR) is 146 cm³/mol. The molecule has 15 heteroatoms. The minimum Gasteiger partial charge on any atom is -0.478 e. The number of aromatic nitrogens is 1. The van der Waals surface area contributed by atoms with E-state index in [0.29, 0.717) is 11.1 Å². The molecule has 206 valence electrons. The van der Waals surface area contributed by atoms with Crippen LogP contribution in [0.5, 0.6) is 0 Å². The van der Waals surface area contributed by atoms with E-state index in [0.717, 1.165) is 21.8 Å². The number of aliphatic carboxylic acids is 2. The molecule has 2 atom stereocenters. The minimum absolute atomic E-state index is 0.0162. The van der Waals surface area contributed by atoms with Crippen molar-refractivity contribution in [1.29, 1.82) is 5.26 Å². The number of carboxylic acid groups (broad SMARTS) is 2. The number of thioether (sulfide) groups is 1. The second kappa shape index (κ2) is 11.2.